The van der Waals surface area contributed by atoms with E-state index in [1.54, 1.807) is 7.11 Å². The van der Waals surface area contributed by atoms with Crippen LogP contribution in [0.15, 0.2) is 54.6 Å². The minimum atomic E-state index is -0.482. The molecule has 2 unspecified atom stereocenters. The molecule has 1 fully saturated rings. The number of aliphatic hydroxyl groups excluding tert-OH is 1. The van der Waals surface area contributed by atoms with E-state index in [2.05, 4.69) is 40.5 Å². The molecule has 0 aromatic heterocycles. The standard InChI is InChI=1S/C21H28N2O2/c1-25-20-9-7-18(8-10-20)21(24)15-22-19-12-14-23(16-19)13-11-17-5-3-2-4-6-17/h2-10,19,21-22,24H,11-16H2,1H3. The average molecular weight is 340 g/mol. The number of likely N-dealkylation sites (tertiary alicyclic amines) is 1. The molecule has 0 radical (unpaired) electrons. The van der Waals surface area contributed by atoms with Crippen LogP contribution in [0, 0.1) is 0 Å². The fourth-order valence-corrected chi connectivity index (χ4v) is 3.36. The van der Waals surface area contributed by atoms with E-state index in [-0.39, 0.29) is 0 Å². The van der Waals surface area contributed by atoms with Crippen LogP contribution >= 0.6 is 0 Å². The fourth-order valence-electron chi connectivity index (χ4n) is 3.36. The molecule has 2 aromatic rings. The van der Waals surface area contributed by atoms with Crippen LogP contribution in [-0.4, -0.2) is 49.3 Å². The molecule has 134 valence electrons. The number of ether oxygens (including phenoxy) is 1. The molecule has 0 spiro atoms. The van der Waals surface area contributed by atoms with Gasteiger partial charge < -0.3 is 20.1 Å². The predicted molar refractivity (Wildman–Crippen MR) is 101 cm³/mol. The first-order chi connectivity index (χ1) is 12.2. The largest absolute Gasteiger partial charge is 0.497 e. The highest BCUT2D eigenvalue weighted by Gasteiger charge is 2.22. The lowest BCUT2D eigenvalue weighted by molar-refractivity contribution is 0.169. The highest BCUT2D eigenvalue weighted by Crippen LogP contribution is 2.18. The van der Waals surface area contributed by atoms with Gasteiger partial charge in [-0.25, -0.2) is 0 Å². The molecule has 4 heteroatoms. The third-order valence-electron chi connectivity index (χ3n) is 4.93. The second-order valence-electron chi connectivity index (χ2n) is 6.72. The number of nitrogens with one attached hydrogen (secondary N) is 1. The van der Waals surface area contributed by atoms with E-state index in [0.717, 1.165) is 43.8 Å². The molecular formula is C21H28N2O2. The Balaban J connectivity index is 1.39. The van der Waals surface area contributed by atoms with Gasteiger partial charge in [0, 0.05) is 25.7 Å². The molecule has 0 amide bonds. The van der Waals surface area contributed by atoms with Crippen LogP contribution in [0.2, 0.25) is 0 Å². The van der Waals surface area contributed by atoms with Gasteiger partial charge in [0.2, 0.25) is 0 Å². The van der Waals surface area contributed by atoms with Crippen molar-refractivity contribution >= 4 is 0 Å². The molecule has 2 aromatic carbocycles. The summed E-state index contributed by atoms with van der Waals surface area (Å²) in [5.41, 5.74) is 2.32. The monoisotopic (exact) mass is 340 g/mol. The van der Waals surface area contributed by atoms with Gasteiger partial charge in [0.25, 0.3) is 0 Å². The van der Waals surface area contributed by atoms with Crippen LogP contribution in [0.25, 0.3) is 0 Å². The normalized spacial score (nSPS) is 19.0. The predicted octanol–water partition coefficient (Wildman–Crippen LogP) is 2.64. The van der Waals surface area contributed by atoms with E-state index in [4.69, 9.17) is 4.74 Å². The third kappa shape index (κ3) is 5.30. The Kier molecular flexibility index (Phi) is 6.45. The third-order valence-corrected chi connectivity index (χ3v) is 4.93. The van der Waals surface area contributed by atoms with E-state index in [0.29, 0.717) is 12.6 Å². The van der Waals surface area contributed by atoms with E-state index in [1.807, 2.05) is 24.3 Å². The number of benzene rings is 2. The zero-order valence-electron chi connectivity index (χ0n) is 14.9. The summed E-state index contributed by atoms with van der Waals surface area (Å²) in [5.74, 6) is 0.814. The van der Waals surface area contributed by atoms with Gasteiger partial charge in [-0.3, -0.25) is 0 Å². The molecule has 1 aliphatic heterocycles. The summed E-state index contributed by atoms with van der Waals surface area (Å²) in [4.78, 5) is 2.50. The summed E-state index contributed by atoms with van der Waals surface area (Å²) in [6.07, 6.45) is 1.76. The molecular weight excluding hydrogens is 312 g/mol. The molecule has 1 saturated heterocycles. The number of hydrogen-bond donors (Lipinski definition) is 2. The molecule has 2 atom stereocenters. The first-order valence-electron chi connectivity index (χ1n) is 9.06. The maximum absolute atomic E-state index is 10.3. The lowest BCUT2D eigenvalue weighted by atomic mass is 10.1. The molecule has 0 saturated carbocycles. The smallest absolute Gasteiger partial charge is 0.118 e. The van der Waals surface area contributed by atoms with Crippen molar-refractivity contribution < 1.29 is 9.84 Å². The van der Waals surface area contributed by atoms with Gasteiger partial charge in [0.05, 0.1) is 13.2 Å². The fraction of sp³-hybridized carbons (Fsp3) is 0.429. The van der Waals surface area contributed by atoms with Crippen molar-refractivity contribution in [2.45, 2.75) is 25.0 Å². The summed E-state index contributed by atoms with van der Waals surface area (Å²) in [7, 11) is 1.65. The number of aliphatic hydroxyl groups is 1. The van der Waals surface area contributed by atoms with Gasteiger partial charge in [0.1, 0.15) is 5.75 Å². The minimum absolute atomic E-state index is 0.462. The quantitative estimate of drug-likeness (QED) is 0.775. The van der Waals surface area contributed by atoms with Crippen molar-refractivity contribution in [2.75, 3.05) is 33.3 Å². The van der Waals surface area contributed by atoms with Gasteiger partial charge in [0.15, 0.2) is 0 Å². The van der Waals surface area contributed by atoms with Crippen LogP contribution in [0.1, 0.15) is 23.7 Å². The Morgan fingerprint density at radius 3 is 2.64 bits per heavy atom. The Labute approximate surface area is 150 Å². The topological polar surface area (TPSA) is 44.7 Å². The Bertz CT molecular complexity index is 630. The summed E-state index contributed by atoms with van der Waals surface area (Å²) < 4.78 is 5.15. The molecule has 2 N–H and O–H groups in total. The van der Waals surface area contributed by atoms with E-state index in [9.17, 15) is 5.11 Å². The number of methoxy groups -OCH3 is 1. The summed E-state index contributed by atoms with van der Waals surface area (Å²) >= 11 is 0. The second kappa shape index (κ2) is 8.99. The molecule has 0 aliphatic carbocycles. The summed E-state index contributed by atoms with van der Waals surface area (Å²) in [6, 6.07) is 18.7. The van der Waals surface area contributed by atoms with Crippen molar-refractivity contribution in [1.29, 1.82) is 0 Å². The number of nitrogens with zero attached hydrogens (tertiary/aromatic N) is 1. The first kappa shape index (κ1) is 17.9. The highest BCUT2D eigenvalue weighted by atomic mass is 16.5. The summed E-state index contributed by atoms with van der Waals surface area (Å²) in [6.45, 7) is 3.87. The van der Waals surface area contributed by atoms with Crippen LogP contribution in [-0.2, 0) is 6.42 Å². The van der Waals surface area contributed by atoms with Crippen LogP contribution in [0.4, 0.5) is 0 Å². The second-order valence-corrected chi connectivity index (χ2v) is 6.72. The van der Waals surface area contributed by atoms with Gasteiger partial charge in [-0.1, -0.05) is 42.5 Å². The van der Waals surface area contributed by atoms with Crippen molar-refractivity contribution in [3.63, 3.8) is 0 Å². The zero-order valence-corrected chi connectivity index (χ0v) is 14.9. The van der Waals surface area contributed by atoms with Crippen LogP contribution in [0.5, 0.6) is 5.75 Å². The maximum Gasteiger partial charge on any atom is 0.118 e. The molecule has 1 heterocycles. The van der Waals surface area contributed by atoms with Crippen LogP contribution in [0.3, 0.4) is 0 Å². The lowest BCUT2D eigenvalue weighted by Gasteiger charge is -2.18. The molecule has 3 rings (SSSR count). The highest BCUT2D eigenvalue weighted by molar-refractivity contribution is 5.28. The molecule has 25 heavy (non-hydrogen) atoms. The van der Waals surface area contributed by atoms with Gasteiger partial charge in [-0.05, 0) is 42.6 Å². The summed E-state index contributed by atoms with van der Waals surface area (Å²) in [5, 5.41) is 13.9. The van der Waals surface area contributed by atoms with Gasteiger partial charge in [-0.15, -0.1) is 0 Å². The first-order valence-corrected chi connectivity index (χ1v) is 9.06. The van der Waals surface area contributed by atoms with Crippen LogP contribution < -0.4 is 10.1 Å². The lowest BCUT2D eigenvalue weighted by Crippen LogP contribution is -2.35. The Morgan fingerprint density at radius 2 is 1.92 bits per heavy atom. The Morgan fingerprint density at radius 1 is 1.16 bits per heavy atom. The number of hydrogen-bond acceptors (Lipinski definition) is 4. The van der Waals surface area contributed by atoms with E-state index < -0.39 is 6.10 Å². The Hall–Kier alpha value is -1.88. The van der Waals surface area contributed by atoms with Gasteiger partial charge in [-0.2, -0.15) is 0 Å². The SMILES string of the molecule is COc1ccc(C(O)CNC2CCN(CCc3ccccc3)C2)cc1. The van der Waals surface area contributed by atoms with Crippen molar-refractivity contribution in [3.05, 3.63) is 65.7 Å². The average Bonchev–Trinajstić information content (AvgIpc) is 3.13. The van der Waals surface area contributed by atoms with E-state index in [1.165, 1.54) is 5.56 Å². The van der Waals surface area contributed by atoms with E-state index >= 15 is 0 Å². The van der Waals surface area contributed by atoms with Crippen molar-refractivity contribution in [3.8, 4) is 5.75 Å². The minimum Gasteiger partial charge on any atom is -0.497 e. The maximum atomic E-state index is 10.3. The number of rotatable bonds is 8. The van der Waals surface area contributed by atoms with Crippen molar-refractivity contribution in [1.82, 2.24) is 10.2 Å². The van der Waals surface area contributed by atoms with Crippen molar-refractivity contribution in [2.24, 2.45) is 0 Å². The van der Waals surface area contributed by atoms with Gasteiger partial charge >= 0.3 is 0 Å². The molecule has 4 nitrogen and oxygen atoms in total. The zero-order chi connectivity index (χ0) is 17.5. The molecule has 0 bridgehead atoms. The molecule has 1 aliphatic rings.